The molecule has 38 heavy (non-hydrogen) atoms. The number of nitrogens with zero attached hydrogens (tertiary/aromatic N) is 3. The van der Waals surface area contributed by atoms with Gasteiger partial charge in [0.25, 0.3) is 0 Å². The summed E-state index contributed by atoms with van der Waals surface area (Å²) in [5, 5.41) is 7.09. The summed E-state index contributed by atoms with van der Waals surface area (Å²) in [6, 6.07) is 14.5. The van der Waals surface area contributed by atoms with E-state index in [-0.39, 0.29) is 30.9 Å². The first-order valence-electron chi connectivity index (χ1n) is 12.7. The summed E-state index contributed by atoms with van der Waals surface area (Å²) in [5.41, 5.74) is 3.88. The molecule has 2 amide bonds. The smallest absolute Gasteiger partial charge is 0.334 e. The molecule has 1 aliphatic heterocycles. The first-order valence-corrected chi connectivity index (χ1v) is 14.4. The molecule has 208 valence electrons. The van der Waals surface area contributed by atoms with Crippen molar-refractivity contribution >= 4 is 59.0 Å². The van der Waals surface area contributed by atoms with E-state index in [0.717, 1.165) is 54.6 Å². The van der Waals surface area contributed by atoms with Gasteiger partial charge in [0.05, 0.1) is 11.8 Å². The first-order chi connectivity index (χ1) is 17.8. The van der Waals surface area contributed by atoms with E-state index < -0.39 is 6.03 Å². The van der Waals surface area contributed by atoms with Crippen LogP contribution in [0.4, 0.5) is 4.79 Å². The van der Waals surface area contributed by atoms with Gasteiger partial charge in [0, 0.05) is 33.3 Å². The molecule has 1 heterocycles. The SMILES string of the molecule is CC1CCC(NC(=O)N(CCCl)N=O)CC1.CN(C)CCC=C1c2ccccc2Sc2ccc(Cl)cc21.Cl. The molecule has 0 spiro atoms. The maximum atomic E-state index is 11.6. The van der Waals surface area contributed by atoms with Crippen LogP contribution >= 0.6 is 47.4 Å². The highest BCUT2D eigenvalue weighted by Gasteiger charge is 2.23. The summed E-state index contributed by atoms with van der Waals surface area (Å²) in [6.45, 7) is 3.42. The molecule has 1 saturated carbocycles. The van der Waals surface area contributed by atoms with E-state index >= 15 is 0 Å². The van der Waals surface area contributed by atoms with Gasteiger partial charge in [-0.05, 0) is 93.1 Å². The second kappa shape index (κ2) is 16.4. The van der Waals surface area contributed by atoms with Gasteiger partial charge in [0.2, 0.25) is 0 Å². The number of alkyl halides is 1. The van der Waals surface area contributed by atoms with E-state index in [4.69, 9.17) is 23.2 Å². The molecule has 6 nitrogen and oxygen atoms in total. The number of amides is 2. The molecular weight excluding hydrogens is 563 g/mol. The van der Waals surface area contributed by atoms with Gasteiger partial charge in [-0.15, -0.1) is 28.9 Å². The van der Waals surface area contributed by atoms with E-state index in [2.05, 4.69) is 79.0 Å². The van der Waals surface area contributed by atoms with E-state index in [1.807, 2.05) is 17.8 Å². The predicted molar refractivity (Wildman–Crippen MR) is 163 cm³/mol. The largest absolute Gasteiger partial charge is 0.340 e. The number of rotatable bonds is 7. The van der Waals surface area contributed by atoms with E-state index in [9.17, 15) is 9.70 Å². The third-order valence-corrected chi connectivity index (χ3v) is 8.08. The third-order valence-electron chi connectivity index (χ3n) is 6.53. The Kier molecular flexibility index (Phi) is 14.0. The number of fused-ring (bicyclic) bond motifs is 2. The average molecular weight is 600 g/mol. The number of hydrogen-bond acceptors (Lipinski definition) is 5. The summed E-state index contributed by atoms with van der Waals surface area (Å²) in [7, 11) is 4.21. The molecule has 1 N–H and O–H groups in total. The lowest BCUT2D eigenvalue weighted by molar-refractivity contribution is 0.191. The number of hydrogen-bond donors (Lipinski definition) is 1. The minimum Gasteiger partial charge on any atom is -0.334 e. The van der Waals surface area contributed by atoms with Crippen LogP contribution in [0.5, 0.6) is 0 Å². The number of halogens is 3. The van der Waals surface area contributed by atoms with Crippen molar-refractivity contribution in [1.29, 1.82) is 0 Å². The fourth-order valence-electron chi connectivity index (χ4n) is 4.44. The minimum absolute atomic E-state index is 0. The van der Waals surface area contributed by atoms with Gasteiger partial charge >= 0.3 is 6.03 Å². The van der Waals surface area contributed by atoms with Gasteiger partial charge in [-0.2, -0.15) is 5.01 Å². The summed E-state index contributed by atoms with van der Waals surface area (Å²) in [6.07, 6.45) is 7.56. The molecular formula is C28H37Cl3N4O2S. The van der Waals surface area contributed by atoms with E-state index in [1.54, 1.807) is 0 Å². The van der Waals surface area contributed by atoms with Crippen LogP contribution in [0.1, 0.15) is 50.2 Å². The fraction of sp³-hybridized carbons (Fsp3) is 0.464. The number of benzene rings is 2. The van der Waals surface area contributed by atoms with E-state index in [1.165, 1.54) is 26.5 Å². The lowest BCUT2D eigenvalue weighted by Crippen LogP contribution is -2.44. The highest BCUT2D eigenvalue weighted by molar-refractivity contribution is 7.99. The molecule has 0 aromatic heterocycles. The van der Waals surface area contributed by atoms with Crippen molar-refractivity contribution in [3.05, 3.63) is 69.6 Å². The van der Waals surface area contributed by atoms with Crippen molar-refractivity contribution < 1.29 is 4.79 Å². The van der Waals surface area contributed by atoms with Crippen LogP contribution in [0.25, 0.3) is 5.57 Å². The van der Waals surface area contributed by atoms with Gasteiger partial charge in [0.1, 0.15) is 0 Å². The van der Waals surface area contributed by atoms with Crippen LogP contribution < -0.4 is 5.32 Å². The van der Waals surface area contributed by atoms with Crippen molar-refractivity contribution in [2.75, 3.05) is 33.1 Å². The summed E-state index contributed by atoms with van der Waals surface area (Å²) in [5.74, 6) is 0.942. The molecule has 2 aromatic rings. The number of urea groups is 1. The van der Waals surface area contributed by atoms with Crippen molar-refractivity contribution in [2.24, 2.45) is 11.2 Å². The number of carbonyl (C=O) groups excluding carboxylic acids is 1. The zero-order valence-corrected chi connectivity index (χ0v) is 25.3. The van der Waals surface area contributed by atoms with Crippen LogP contribution in [0.3, 0.4) is 0 Å². The van der Waals surface area contributed by atoms with Crippen LogP contribution in [0.15, 0.2) is 63.6 Å². The molecule has 1 fully saturated rings. The van der Waals surface area contributed by atoms with Gasteiger partial charge in [0.15, 0.2) is 0 Å². The number of carbonyl (C=O) groups is 1. The van der Waals surface area contributed by atoms with Crippen molar-refractivity contribution in [3.63, 3.8) is 0 Å². The van der Waals surface area contributed by atoms with E-state index in [0.29, 0.717) is 0 Å². The van der Waals surface area contributed by atoms with Crippen molar-refractivity contribution in [3.8, 4) is 0 Å². The maximum Gasteiger partial charge on any atom is 0.340 e. The zero-order valence-electron chi connectivity index (χ0n) is 22.2. The second-order valence-corrected chi connectivity index (χ2v) is 11.6. The minimum atomic E-state index is -0.435. The number of nitrogens with one attached hydrogen (secondary N) is 1. The quantitative estimate of drug-likeness (QED) is 0.169. The van der Waals surface area contributed by atoms with Gasteiger partial charge < -0.3 is 10.2 Å². The molecule has 0 saturated heterocycles. The Hall–Kier alpha value is -1.77. The van der Waals surface area contributed by atoms with Crippen molar-refractivity contribution in [1.82, 2.24) is 15.2 Å². The van der Waals surface area contributed by atoms with Crippen molar-refractivity contribution in [2.45, 2.75) is 54.9 Å². The Morgan fingerprint density at radius 3 is 2.42 bits per heavy atom. The van der Waals surface area contributed by atoms with Gasteiger partial charge in [-0.3, -0.25) is 0 Å². The molecule has 0 atom stereocenters. The monoisotopic (exact) mass is 598 g/mol. The van der Waals surface area contributed by atoms with Crippen LogP contribution in [0.2, 0.25) is 5.02 Å². The van der Waals surface area contributed by atoms with Crippen LogP contribution in [0, 0.1) is 10.8 Å². The molecule has 10 heteroatoms. The molecule has 4 rings (SSSR count). The van der Waals surface area contributed by atoms with Crippen LogP contribution in [-0.4, -0.2) is 55.0 Å². The van der Waals surface area contributed by atoms with Gasteiger partial charge in [-0.25, -0.2) is 4.79 Å². The predicted octanol–water partition coefficient (Wildman–Crippen LogP) is 8.11. The molecule has 2 aliphatic rings. The summed E-state index contributed by atoms with van der Waals surface area (Å²) >= 11 is 13.5. The topological polar surface area (TPSA) is 65.0 Å². The molecule has 2 aromatic carbocycles. The Labute approximate surface area is 246 Å². The fourth-order valence-corrected chi connectivity index (χ4v) is 5.86. The second-order valence-electron chi connectivity index (χ2n) is 9.75. The maximum absolute atomic E-state index is 11.6. The Balaban J connectivity index is 0.000000270. The zero-order chi connectivity index (χ0) is 26.8. The summed E-state index contributed by atoms with van der Waals surface area (Å²) < 4.78 is 0. The Morgan fingerprint density at radius 1 is 1.08 bits per heavy atom. The number of nitroso groups, excluding NO2 is 1. The average Bonchev–Trinajstić information content (AvgIpc) is 2.88. The van der Waals surface area contributed by atoms with Crippen LogP contribution in [-0.2, 0) is 0 Å². The molecule has 0 bridgehead atoms. The highest BCUT2D eigenvalue weighted by Crippen LogP contribution is 2.46. The molecule has 0 unspecified atom stereocenters. The summed E-state index contributed by atoms with van der Waals surface area (Å²) in [4.78, 5) is 26.8. The first kappa shape index (κ1) is 32.4. The lowest BCUT2D eigenvalue weighted by Gasteiger charge is -2.27. The lowest BCUT2D eigenvalue weighted by atomic mass is 9.87. The van der Waals surface area contributed by atoms with Gasteiger partial charge in [-0.1, -0.05) is 54.6 Å². The third kappa shape index (κ3) is 9.45. The molecule has 0 radical (unpaired) electrons. The standard InChI is InChI=1S/C18H18ClNS.C10H18ClN3O2.ClH/c1-20(2)11-5-7-14-15-6-3-4-8-17(15)21-18-10-9-13(19)12-16(14)18;1-8-2-4-9(5-3-8)12-10(15)14(13-16)7-6-11;/h3-4,6-10,12H,5,11H2,1-2H3;8-9H,2-7H2,1H3,(H,12,15);1H. The Morgan fingerprint density at radius 2 is 1.76 bits per heavy atom. The Bertz CT molecular complexity index is 1090. The normalized spacial score (nSPS) is 18.8. The highest BCUT2D eigenvalue weighted by atomic mass is 35.5. The molecule has 1 aliphatic carbocycles.